The summed E-state index contributed by atoms with van der Waals surface area (Å²) < 4.78 is 1.77. The first-order chi connectivity index (χ1) is 11.9. The van der Waals surface area contributed by atoms with Crippen molar-refractivity contribution in [3.05, 3.63) is 78.9 Å². The molecule has 2 heterocycles. The highest BCUT2D eigenvalue weighted by molar-refractivity contribution is 7.98. The minimum atomic E-state index is 0.672. The van der Waals surface area contributed by atoms with Gasteiger partial charge in [0.1, 0.15) is 6.33 Å². The van der Waals surface area contributed by atoms with E-state index in [0.29, 0.717) is 10.9 Å². The molecular formula is C17H14N6S. The van der Waals surface area contributed by atoms with E-state index in [0.717, 1.165) is 17.1 Å². The van der Waals surface area contributed by atoms with Crippen LogP contribution in [0.25, 0.3) is 11.4 Å². The molecule has 0 fully saturated rings. The molecule has 2 aromatic carbocycles. The standard InChI is InChI=1S/C17H14N6S/c1-3-7-15(8-4-1)22-13-18-17(21-22)24-12-14-11-19-23(20-14)16-9-5-2-6-10-16/h1-11,13H,12H2. The molecule has 0 unspecified atom stereocenters. The molecule has 0 aliphatic heterocycles. The van der Waals surface area contributed by atoms with E-state index in [9.17, 15) is 0 Å². The molecule has 4 aromatic rings. The number of nitrogens with zero attached hydrogens (tertiary/aromatic N) is 6. The molecule has 0 radical (unpaired) electrons. The van der Waals surface area contributed by atoms with Gasteiger partial charge in [-0.05, 0) is 24.3 Å². The van der Waals surface area contributed by atoms with Crippen LogP contribution in [0.15, 0.2) is 78.3 Å². The van der Waals surface area contributed by atoms with Crippen LogP contribution in [-0.2, 0) is 5.75 Å². The molecule has 0 amide bonds. The molecule has 4 rings (SSSR count). The average Bonchev–Trinajstić information content (AvgIpc) is 3.31. The summed E-state index contributed by atoms with van der Waals surface area (Å²) in [5.74, 6) is 0.672. The van der Waals surface area contributed by atoms with E-state index in [2.05, 4.69) is 20.3 Å². The van der Waals surface area contributed by atoms with Gasteiger partial charge in [-0.3, -0.25) is 0 Å². The lowest BCUT2D eigenvalue weighted by Crippen LogP contribution is -1.98. The molecule has 0 spiro atoms. The lowest BCUT2D eigenvalue weighted by atomic mass is 10.3. The van der Waals surface area contributed by atoms with Crippen molar-refractivity contribution < 1.29 is 0 Å². The summed E-state index contributed by atoms with van der Waals surface area (Å²) in [5, 5.41) is 14.0. The van der Waals surface area contributed by atoms with Crippen LogP contribution in [-0.4, -0.2) is 29.8 Å². The predicted molar refractivity (Wildman–Crippen MR) is 92.3 cm³/mol. The summed E-state index contributed by atoms with van der Waals surface area (Å²) >= 11 is 1.54. The Bertz CT molecular complexity index is 839. The molecule has 0 saturated heterocycles. The van der Waals surface area contributed by atoms with E-state index in [1.807, 2.05) is 60.7 Å². The Morgan fingerprint density at radius 1 is 0.833 bits per heavy atom. The maximum absolute atomic E-state index is 4.48. The highest BCUT2D eigenvalue weighted by atomic mass is 32.2. The van der Waals surface area contributed by atoms with Gasteiger partial charge < -0.3 is 0 Å². The minimum absolute atomic E-state index is 0.672. The smallest absolute Gasteiger partial charge is 0.209 e. The average molecular weight is 334 g/mol. The molecule has 0 aliphatic carbocycles. The monoisotopic (exact) mass is 334 g/mol. The number of benzene rings is 2. The van der Waals surface area contributed by atoms with E-state index in [-0.39, 0.29) is 0 Å². The summed E-state index contributed by atoms with van der Waals surface area (Å²) in [7, 11) is 0. The van der Waals surface area contributed by atoms with Gasteiger partial charge in [-0.2, -0.15) is 15.0 Å². The molecule has 0 bridgehead atoms. The molecule has 6 nitrogen and oxygen atoms in total. The Morgan fingerprint density at radius 2 is 1.54 bits per heavy atom. The molecule has 24 heavy (non-hydrogen) atoms. The first-order valence-electron chi connectivity index (χ1n) is 7.45. The fourth-order valence-corrected chi connectivity index (χ4v) is 2.88. The Morgan fingerprint density at radius 3 is 2.29 bits per heavy atom. The summed E-state index contributed by atoms with van der Waals surface area (Å²) in [6, 6.07) is 19.8. The SMILES string of the molecule is c1ccc(-n2cnc(SCc3cnn(-c4ccccc4)n3)n2)cc1. The van der Waals surface area contributed by atoms with E-state index in [1.165, 1.54) is 11.8 Å². The van der Waals surface area contributed by atoms with Crippen molar-refractivity contribution in [3.8, 4) is 11.4 Å². The molecule has 2 aromatic heterocycles. The van der Waals surface area contributed by atoms with Crippen LogP contribution < -0.4 is 0 Å². The van der Waals surface area contributed by atoms with Crippen molar-refractivity contribution in [2.24, 2.45) is 0 Å². The van der Waals surface area contributed by atoms with Crippen molar-refractivity contribution in [2.45, 2.75) is 10.9 Å². The third kappa shape index (κ3) is 3.21. The lowest BCUT2D eigenvalue weighted by Gasteiger charge is -1.98. The third-order valence-electron chi connectivity index (χ3n) is 3.37. The molecule has 0 atom stereocenters. The van der Waals surface area contributed by atoms with Crippen LogP contribution in [0.3, 0.4) is 0 Å². The van der Waals surface area contributed by atoms with Gasteiger partial charge in [-0.1, -0.05) is 48.2 Å². The van der Waals surface area contributed by atoms with Crippen LogP contribution in [0.1, 0.15) is 5.69 Å². The van der Waals surface area contributed by atoms with Crippen LogP contribution in [0.2, 0.25) is 0 Å². The topological polar surface area (TPSA) is 61.4 Å². The number of hydrogen-bond donors (Lipinski definition) is 0. The van der Waals surface area contributed by atoms with Gasteiger partial charge in [-0.15, -0.1) is 5.10 Å². The van der Waals surface area contributed by atoms with Gasteiger partial charge in [0.2, 0.25) is 5.16 Å². The zero-order valence-electron chi connectivity index (χ0n) is 12.7. The molecule has 0 saturated carbocycles. The van der Waals surface area contributed by atoms with E-state index < -0.39 is 0 Å². The normalized spacial score (nSPS) is 10.8. The third-order valence-corrected chi connectivity index (χ3v) is 4.25. The van der Waals surface area contributed by atoms with Crippen LogP contribution in [0.4, 0.5) is 0 Å². The van der Waals surface area contributed by atoms with Crippen molar-refractivity contribution in [1.29, 1.82) is 0 Å². The molecule has 0 aliphatic rings. The van der Waals surface area contributed by atoms with E-state index in [4.69, 9.17) is 0 Å². The van der Waals surface area contributed by atoms with Crippen molar-refractivity contribution in [2.75, 3.05) is 0 Å². The molecule has 118 valence electrons. The number of hydrogen-bond acceptors (Lipinski definition) is 5. The number of aromatic nitrogens is 6. The number of para-hydroxylation sites is 2. The molecule has 7 heteroatoms. The first kappa shape index (κ1) is 14.6. The van der Waals surface area contributed by atoms with Crippen LogP contribution in [0, 0.1) is 0 Å². The maximum atomic E-state index is 4.48. The number of thioether (sulfide) groups is 1. The van der Waals surface area contributed by atoms with Crippen molar-refractivity contribution in [1.82, 2.24) is 29.8 Å². The zero-order valence-corrected chi connectivity index (χ0v) is 13.5. The Hall–Kier alpha value is -2.93. The van der Waals surface area contributed by atoms with Gasteiger partial charge in [0.05, 0.1) is 23.3 Å². The van der Waals surface area contributed by atoms with Crippen LogP contribution >= 0.6 is 11.8 Å². The Balaban J connectivity index is 1.43. The van der Waals surface area contributed by atoms with E-state index in [1.54, 1.807) is 22.0 Å². The summed E-state index contributed by atoms with van der Waals surface area (Å²) in [6.07, 6.45) is 3.49. The van der Waals surface area contributed by atoms with Crippen molar-refractivity contribution >= 4 is 11.8 Å². The Kier molecular flexibility index (Phi) is 4.07. The predicted octanol–water partition coefficient (Wildman–Crippen LogP) is 3.14. The second kappa shape index (κ2) is 6.67. The van der Waals surface area contributed by atoms with Gasteiger partial charge >= 0.3 is 0 Å². The highest BCUT2D eigenvalue weighted by Gasteiger charge is 2.07. The molecular weight excluding hydrogens is 320 g/mol. The second-order valence-corrected chi connectivity index (χ2v) is 6.00. The van der Waals surface area contributed by atoms with Gasteiger partial charge in [0.25, 0.3) is 0 Å². The largest absolute Gasteiger partial charge is 0.220 e. The van der Waals surface area contributed by atoms with Gasteiger partial charge in [0.15, 0.2) is 0 Å². The fourth-order valence-electron chi connectivity index (χ4n) is 2.20. The summed E-state index contributed by atoms with van der Waals surface area (Å²) in [4.78, 5) is 5.96. The zero-order chi connectivity index (χ0) is 16.2. The highest BCUT2D eigenvalue weighted by Crippen LogP contribution is 2.18. The second-order valence-electron chi connectivity index (χ2n) is 5.06. The van der Waals surface area contributed by atoms with Crippen molar-refractivity contribution in [3.63, 3.8) is 0 Å². The maximum Gasteiger partial charge on any atom is 0.209 e. The number of rotatable bonds is 5. The van der Waals surface area contributed by atoms with Gasteiger partial charge in [0, 0.05) is 5.75 Å². The van der Waals surface area contributed by atoms with Crippen LogP contribution in [0.5, 0.6) is 0 Å². The quantitative estimate of drug-likeness (QED) is 0.525. The van der Waals surface area contributed by atoms with E-state index >= 15 is 0 Å². The summed E-state index contributed by atoms with van der Waals surface area (Å²) in [5.41, 5.74) is 2.83. The first-order valence-corrected chi connectivity index (χ1v) is 8.43. The minimum Gasteiger partial charge on any atom is -0.220 e. The fraction of sp³-hybridized carbons (Fsp3) is 0.0588. The summed E-state index contributed by atoms with van der Waals surface area (Å²) in [6.45, 7) is 0. The lowest BCUT2D eigenvalue weighted by molar-refractivity contribution is 0.744. The van der Waals surface area contributed by atoms with Gasteiger partial charge in [-0.25, -0.2) is 9.67 Å². The molecule has 0 N–H and O–H groups in total. The Labute approximate surface area is 143 Å².